The smallest absolute Gasteiger partial charge is 0.0793 e. The number of rotatable bonds is 6. The van der Waals surface area contributed by atoms with Gasteiger partial charge in [-0.05, 0) is 57.8 Å². The fourth-order valence-electron chi connectivity index (χ4n) is 2.00. The fraction of sp³-hybridized carbons (Fsp3) is 0.429. The van der Waals surface area contributed by atoms with Gasteiger partial charge in [-0.1, -0.05) is 6.92 Å². The maximum atomic E-state index is 4.55. The SMILES string of the molecule is CCCNC(c1cnn(CC)c1)c1ncc(Br)cc1Br. The molecule has 0 saturated carbocycles. The molecule has 6 heteroatoms. The maximum absolute atomic E-state index is 4.55. The van der Waals surface area contributed by atoms with Crippen LogP contribution in [0, 0.1) is 0 Å². The molecule has 0 bridgehead atoms. The van der Waals surface area contributed by atoms with Crippen LogP contribution in [0.2, 0.25) is 0 Å². The average Bonchev–Trinajstić information content (AvgIpc) is 2.90. The molecule has 0 amide bonds. The molecule has 1 N–H and O–H groups in total. The first-order valence-electron chi connectivity index (χ1n) is 6.72. The molecule has 20 heavy (non-hydrogen) atoms. The molecule has 2 aromatic heterocycles. The summed E-state index contributed by atoms with van der Waals surface area (Å²) in [5.41, 5.74) is 2.12. The first-order valence-corrected chi connectivity index (χ1v) is 8.31. The van der Waals surface area contributed by atoms with Gasteiger partial charge in [-0.2, -0.15) is 5.10 Å². The predicted molar refractivity (Wildman–Crippen MR) is 87.7 cm³/mol. The molecule has 0 radical (unpaired) electrons. The molecule has 0 aliphatic heterocycles. The zero-order valence-electron chi connectivity index (χ0n) is 11.6. The van der Waals surface area contributed by atoms with Crippen molar-refractivity contribution in [2.75, 3.05) is 6.54 Å². The van der Waals surface area contributed by atoms with E-state index >= 15 is 0 Å². The highest BCUT2D eigenvalue weighted by molar-refractivity contribution is 9.11. The van der Waals surface area contributed by atoms with Crippen LogP contribution in [0.3, 0.4) is 0 Å². The highest BCUT2D eigenvalue weighted by Crippen LogP contribution is 2.28. The Kier molecular flexibility index (Phi) is 5.74. The number of pyridine rings is 1. The Hall–Kier alpha value is -0.720. The van der Waals surface area contributed by atoms with Gasteiger partial charge in [-0.3, -0.25) is 9.67 Å². The van der Waals surface area contributed by atoms with E-state index in [1.807, 2.05) is 23.1 Å². The van der Waals surface area contributed by atoms with Crippen molar-refractivity contribution in [3.63, 3.8) is 0 Å². The van der Waals surface area contributed by atoms with Crippen LogP contribution in [0.4, 0.5) is 0 Å². The van der Waals surface area contributed by atoms with Crippen LogP contribution in [-0.4, -0.2) is 21.3 Å². The van der Waals surface area contributed by atoms with E-state index in [9.17, 15) is 0 Å². The summed E-state index contributed by atoms with van der Waals surface area (Å²) in [7, 11) is 0. The third-order valence-corrected chi connectivity index (χ3v) is 4.09. The minimum atomic E-state index is 0.0534. The van der Waals surface area contributed by atoms with Crippen LogP contribution in [0.5, 0.6) is 0 Å². The Morgan fingerprint density at radius 1 is 1.30 bits per heavy atom. The van der Waals surface area contributed by atoms with Gasteiger partial charge in [0.2, 0.25) is 0 Å². The van der Waals surface area contributed by atoms with E-state index in [1.165, 1.54) is 0 Å². The lowest BCUT2D eigenvalue weighted by Crippen LogP contribution is -2.24. The monoisotopic (exact) mass is 400 g/mol. The van der Waals surface area contributed by atoms with E-state index in [2.05, 4.69) is 67.3 Å². The molecule has 108 valence electrons. The van der Waals surface area contributed by atoms with Crippen LogP contribution in [0.25, 0.3) is 0 Å². The van der Waals surface area contributed by atoms with E-state index in [0.29, 0.717) is 0 Å². The molecule has 1 atom stereocenters. The molecule has 0 spiro atoms. The fourth-order valence-corrected chi connectivity index (χ4v) is 3.22. The van der Waals surface area contributed by atoms with Gasteiger partial charge in [0.25, 0.3) is 0 Å². The van der Waals surface area contributed by atoms with Crippen molar-refractivity contribution in [1.82, 2.24) is 20.1 Å². The van der Waals surface area contributed by atoms with Gasteiger partial charge in [-0.15, -0.1) is 0 Å². The summed E-state index contributed by atoms with van der Waals surface area (Å²) in [6.07, 6.45) is 6.88. The normalized spacial score (nSPS) is 12.6. The molecule has 1 unspecified atom stereocenters. The van der Waals surface area contributed by atoms with Crippen molar-refractivity contribution in [2.24, 2.45) is 0 Å². The van der Waals surface area contributed by atoms with Crippen molar-refractivity contribution in [3.05, 3.63) is 44.9 Å². The number of nitrogens with one attached hydrogen (secondary N) is 1. The van der Waals surface area contributed by atoms with Crippen LogP contribution in [0.1, 0.15) is 37.6 Å². The number of hydrogen-bond donors (Lipinski definition) is 1. The molecule has 0 aliphatic rings. The van der Waals surface area contributed by atoms with Crippen LogP contribution >= 0.6 is 31.9 Å². The summed E-state index contributed by atoms with van der Waals surface area (Å²) in [6, 6.07) is 2.07. The maximum Gasteiger partial charge on any atom is 0.0793 e. The molecular formula is C14H18Br2N4. The minimum Gasteiger partial charge on any atom is -0.305 e. The molecule has 2 aromatic rings. The minimum absolute atomic E-state index is 0.0534. The third kappa shape index (κ3) is 3.68. The lowest BCUT2D eigenvalue weighted by atomic mass is 10.1. The standard InChI is InChI=1S/C14H18Br2N4/c1-3-5-17-13(10-7-19-20(4-2)9-10)14-12(16)6-11(15)8-18-14/h6-9,13,17H,3-5H2,1-2H3. The second kappa shape index (κ2) is 7.33. The van der Waals surface area contributed by atoms with Crippen molar-refractivity contribution in [1.29, 1.82) is 0 Å². The number of aryl methyl sites for hydroxylation is 1. The number of aromatic nitrogens is 3. The van der Waals surface area contributed by atoms with Crippen molar-refractivity contribution >= 4 is 31.9 Å². The molecule has 2 rings (SSSR count). The molecular weight excluding hydrogens is 384 g/mol. The average molecular weight is 402 g/mol. The number of nitrogens with zero attached hydrogens (tertiary/aromatic N) is 3. The summed E-state index contributed by atoms with van der Waals surface area (Å²) >= 11 is 7.04. The quantitative estimate of drug-likeness (QED) is 0.797. The second-order valence-electron chi connectivity index (χ2n) is 4.54. The lowest BCUT2D eigenvalue weighted by molar-refractivity contribution is 0.582. The second-order valence-corrected chi connectivity index (χ2v) is 6.31. The zero-order chi connectivity index (χ0) is 14.5. The molecule has 0 saturated heterocycles. The van der Waals surface area contributed by atoms with Crippen molar-refractivity contribution in [2.45, 2.75) is 32.9 Å². The van der Waals surface area contributed by atoms with Gasteiger partial charge < -0.3 is 5.32 Å². The summed E-state index contributed by atoms with van der Waals surface area (Å²) in [5.74, 6) is 0. The summed E-state index contributed by atoms with van der Waals surface area (Å²) in [6.45, 7) is 6.05. The van der Waals surface area contributed by atoms with Gasteiger partial charge >= 0.3 is 0 Å². The first-order chi connectivity index (χ1) is 9.65. The predicted octanol–water partition coefficient (Wildman–Crippen LogP) is 3.91. The summed E-state index contributed by atoms with van der Waals surface area (Å²) < 4.78 is 3.89. The molecule has 0 fully saturated rings. The van der Waals surface area contributed by atoms with Crippen LogP contribution in [0.15, 0.2) is 33.6 Å². The number of halogens is 2. The summed E-state index contributed by atoms with van der Waals surface area (Å²) in [5, 5.41) is 7.90. The highest BCUT2D eigenvalue weighted by atomic mass is 79.9. The lowest BCUT2D eigenvalue weighted by Gasteiger charge is -2.18. The van der Waals surface area contributed by atoms with Crippen LogP contribution < -0.4 is 5.32 Å². The van der Waals surface area contributed by atoms with Gasteiger partial charge in [0.1, 0.15) is 0 Å². The van der Waals surface area contributed by atoms with Crippen molar-refractivity contribution < 1.29 is 0 Å². The molecule has 2 heterocycles. The van der Waals surface area contributed by atoms with E-state index in [1.54, 1.807) is 0 Å². The van der Waals surface area contributed by atoms with E-state index in [-0.39, 0.29) is 6.04 Å². The largest absolute Gasteiger partial charge is 0.305 e. The topological polar surface area (TPSA) is 42.7 Å². The van der Waals surface area contributed by atoms with Crippen molar-refractivity contribution in [3.8, 4) is 0 Å². The first kappa shape index (κ1) is 15.7. The van der Waals surface area contributed by atoms with E-state index in [0.717, 1.165) is 39.7 Å². The van der Waals surface area contributed by atoms with Gasteiger partial charge in [0.15, 0.2) is 0 Å². The molecule has 4 nitrogen and oxygen atoms in total. The Labute approximate surface area is 136 Å². The van der Waals surface area contributed by atoms with Crippen LogP contribution in [-0.2, 0) is 6.54 Å². The molecule has 0 aliphatic carbocycles. The van der Waals surface area contributed by atoms with E-state index < -0.39 is 0 Å². The Morgan fingerprint density at radius 2 is 2.10 bits per heavy atom. The van der Waals surface area contributed by atoms with E-state index in [4.69, 9.17) is 0 Å². The van der Waals surface area contributed by atoms with Gasteiger partial charge in [-0.25, -0.2) is 0 Å². The highest BCUT2D eigenvalue weighted by Gasteiger charge is 2.19. The van der Waals surface area contributed by atoms with Gasteiger partial charge in [0.05, 0.1) is 17.9 Å². The van der Waals surface area contributed by atoms with Gasteiger partial charge in [0, 0.05) is 33.4 Å². The Bertz CT molecular complexity index is 568. The Balaban J connectivity index is 2.35. The summed E-state index contributed by atoms with van der Waals surface area (Å²) in [4.78, 5) is 4.55. The zero-order valence-corrected chi connectivity index (χ0v) is 14.8. The number of hydrogen-bond acceptors (Lipinski definition) is 3. The third-order valence-electron chi connectivity index (χ3n) is 3.02. The Morgan fingerprint density at radius 3 is 2.70 bits per heavy atom. The molecule has 0 aromatic carbocycles.